The third-order valence-electron chi connectivity index (χ3n) is 9.89. The number of sulfone groups is 2. The molecule has 0 radical (unpaired) electrons. The van der Waals surface area contributed by atoms with E-state index in [1.54, 1.807) is 0 Å². The first-order valence-electron chi connectivity index (χ1n) is 17.5. The summed E-state index contributed by atoms with van der Waals surface area (Å²) in [7, 11) is -11.2. The molecule has 0 aromatic heterocycles. The number of benzene rings is 5. The first-order valence-corrected chi connectivity index (χ1v) is 20.5. The molecule has 0 bridgehead atoms. The van der Waals surface area contributed by atoms with Gasteiger partial charge in [0.05, 0.1) is 9.79 Å². The third kappa shape index (κ3) is 6.18. The Morgan fingerprint density at radius 1 is 0.444 bits per heavy atom. The highest BCUT2D eigenvalue weighted by atomic mass is 32.2. The lowest BCUT2D eigenvalue weighted by molar-refractivity contribution is 0.357. The van der Waals surface area contributed by atoms with E-state index in [2.05, 4.69) is 0 Å². The molecule has 0 heterocycles. The maximum atomic E-state index is 16.6. The fourth-order valence-electron chi connectivity index (χ4n) is 7.30. The van der Waals surface area contributed by atoms with Gasteiger partial charge in [-0.3, -0.25) is 0 Å². The highest BCUT2D eigenvalue weighted by molar-refractivity contribution is 7.91. The predicted octanol–water partition coefficient (Wildman–Crippen LogP) is 10.1. The van der Waals surface area contributed by atoms with Gasteiger partial charge in [-0.2, -0.15) is 21.0 Å². The highest BCUT2D eigenvalue weighted by Crippen LogP contribution is 2.59. The Bertz CT molecular complexity index is 3390. The summed E-state index contributed by atoms with van der Waals surface area (Å²) in [5.74, 6) is -26.5. The molecule has 0 fully saturated rings. The van der Waals surface area contributed by atoms with E-state index in [0.29, 0.717) is 30.3 Å². The zero-order chi connectivity index (χ0) is 46.9. The second-order valence-electron chi connectivity index (χ2n) is 12.8. The smallest absolute Gasteiger partial charge is 0.212 e. The molecule has 318 valence electrons. The molecule has 63 heavy (non-hydrogen) atoms. The Labute approximate surface area is 348 Å². The second-order valence-corrected chi connectivity index (χ2v) is 16.6. The summed E-state index contributed by atoms with van der Waals surface area (Å²) in [5, 5.41) is 39.9. The van der Waals surface area contributed by atoms with Gasteiger partial charge in [-0.1, -0.05) is 32.9 Å². The van der Waals surface area contributed by atoms with Gasteiger partial charge >= 0.3 is 0 Å². The highest BCUT2D eigenvalue weighted by Gasteiger charge is 2.44. The van der Waals surface area contributed by atoms with Crippen LogP contribution >= 0.6 is 0 Å². The average molecular weight is 915 g/mol. The molecule has 5 aromatic carbocycles. The van der Waals surface area contributed by atoms with Crippen LogP contribution in [0.4, 0.5) is 48.3 Å². The fraction of sp³-hybridized carbons (Fsp3) is 0.0952. The molecular weight excluding hydrogens is 898 g/mol. The van der Waals surface area contributed by atoms with Crippen molar-refractivity contribution in [3.63, 3.8) is 0 Å². The molecule has 0 atom stereocenters. The van der Waals surface area contributed by atoms with Gasteiger partial charge in [0.1, 0.15) is 45.2 Å². The van der Waals surface area contributed by atoms with E-state index in [0.717, 1.165) is 13.0 Å². The molecule has 2 aliphatic rings. The molecule has 0 aliphatic heterocycles. The van der Waals surface area contributed by atoms with Gasteiger partial charge in [-0.05, 0) is 52.9 Å². The van der Waals surface area contributed by atoms with Crippen molar-refractivity contribution < 1.29 is 65.1 Å². The molecule has 8 nitrogen and oxygen atoms in total. The summed E-state index contributed by atoms with van der Waals surface area (Å²) in [5.41, 5.74) is -10.1. The van der Waals surface area contributed by atoms with Crippen LogP contribution in [0.1, 0.15) is 48.6 Å². The number of rotatable bonds is 5. The topological polar surface area (TPSA) is 163 Å². The zero-order valence-electron chi connectivity index (χ0n) is 31.6. The molecule has 21 heteroatoms. The number of nitriles is 4. The molecule has 2 aliphatic carbocycles. The van der Waals surface area contributed by atoms with Gasteiger partial charge < -0.3 is 0 Å². The summed E-state index contributed by atoms with van der Waals surface area (Å²) >= 11 is 0. The Kier molecular flexibility index (Phi) is 11.4. The molecule has 0 spiro atoms. The van der Waals surface area contributed by atoms with Crippen LogP contribution in [0.3, 0.4) is 0 Å². The number of hydrogen-bond donors (Lipinski definition) is 0. The number of allylic oxidation sites excluding steroid dienone is 2. The average Bonchev–Trinajstić information content (AvgIpc) is 3.79. The molecule has 0 saturated carbocycles. The lowest BCUT2D eigenvalue weighted by atomic mass is 9.89. The van der Waals surface area contributed by atoms with Crippen molar-refractivity contribution in [2.24, 2.45) is 0 Å². The van der Waals surface area contributed by atoms with Gasteiger partial charge in [-0.15, -0.1) is 0 Å². The number of hydrogen-bond acceptors (Lipinski definition) is 8. The molecular formula is C42H17F11N4O4S2. The number of nitrogens with zero attached hydrogens (tertiary/aromatic N) is 4. The van der Waals surface area contributed by atoms with Crippen molar-refractivity contribution in [1.82, 2.24) is 0 Å². The van der Waals surface area contributed by atoms with Gasteiger partial charge in [0.2, 0.25) is 25.5 Å². The zero-order valence-corrected chi connectivity index (χ0v) is 33.2. The number of halogens is 11. The standard InChI is InChI=1S/C40H11F11N4O4S2.C2H6/c1-2-17-28(41)31(44)33(46)36(49)39(17)60(56,57)15-3-5-18-20(7-15)23(14(11-54)12-55)27-24(18)26-22(13(9-52)10-53)21-8-16(4-6-19(21)25(26)29(42)30(27)43)61(58,59)40-37(50)34(47)32(45)35(48)38(40)51;1-2/h3-8H,2H2,1H3;1-2H3. The summed E-state index contributed by atoms with van der Waals surface area (Å²) in [4.78, 5) is -6.29. The van der Waals surface area contributed by atoms with Crippen LogP contribution in [0, 0.1) is 109 Å². The minimum atomic E-state index is -5.78. The van der Waals surface area contributed by atoms with E-state index in [4.69, 9.17) is 0 Å². The van der Waals surface area contributed by atoms with Crippen molar-refractivity contribution >= 4 is 30.8 Å². The van der Waals surface area contributed by atoms with E-state index in [1.165, 1.54) is 24.3 Å². The minimum absolute atomic E-state index is 0.412. The summed E-state index contributed by atoms with van der Waals surface area (Å²) in [6, 6.07) is 9.43. The van der Waals surface area contributed by atoms with Crippen LogP contribution < -0.4 is 0 Å². The molecule has 0 N–H and O–H groups in total. The quantitative estimate of drug-likeness (QED) is 0.0542. The first kappa shape index (κ1) is 45.2. The van der Waals surface area contributed by atoms with Gasteiger partial charge in [0.15, 0.2) is 58.2 Å². The third-order valence-corrected chi connectivity index (χ3v) is 13.5. The molecule has 0 amide bonds. The first-order chi connectivity index (χ1) is 29.7. The minimum Gasteiger partial charge on any atom is -0.218 e. The van der Waals surface area contributed by atoms with E-state index in [9.17, 15) is 73.0 Å². The van der Waals surface area contributed by atoms with E-state index >= 15 is 13.2 Å². The lowest BCUT2D eigenvalue weighted by Gasteiger charge is -2.14. The van der Waals surface area contributed by atoms with Crippen LogP contribution in [-0.2, 0) is 26.1 Å². The van der Waals surface area contributed by atoms with E-state index < -0.39 is 182 Å². The molecule has 7 rings (SSSR count). The normalized spacial score (nSPS) is 12.2. The predicted molar refractivity (Wildman–Crippen MR) is 196 cm³/mol. The SMILES string of the molecule is CC.CCc1c(F)c(F)c(F)c(F)c1S(=O)(=O)c1ccc2c(c1)C(=C(C#N)C#N)c1c(F)c(F)c3c(c1-2)C(=C(C#N)C#N)c1cc(S(=O)(=O)c2c(F)c(F)c(F)c(F)c2F)ccc1-3. The van der Waals surface area contributed by atoms with Gasteiger partial charge in [0.25, 0.3) is 0 Å². The van der Waals surface area contributed by atoms with Crippen LogP contribution in [0.2, 0.25) is 0 Å². The van der Waals surface area contributed by atoms with Crippen molar-refractivity contribution in [2.45, 2.75) is 46.8 Å². The summed E-state index contributed by atoms with van der Waals surface area (Å²) in [6.45, 7) is 5.08. The van der Waals surface area contributed by atoms with Gasteiger partial charge in [0, 0.05) is 39.0 Å². The largest absolute Gasteiger partial charge is 0.218 e. The van der Waals surface area contributed by atoms with Crippen LogP contribution in [0.15, 0.2) is 67.1 Å². The maximum Gasteiger partial charge on any atom is 0.212 e. The van der Waals surface area contributed by atoms with Crippen molar-refractivity contribution in [3.8, 4) is 46.5 Å². The molecule has 0 saturated heterocycles. The maximum absolute atomic E-state index is 16.6. The fourth-order valence-corrected chi connectivity index (χ4v) is 10.3. The molecule has 0 unspecified atom stereocenters. The Balaban J connectivity index is 0.00000326. The second kappa shape index (κ2) is 15.9. The Morgan fingerprint density at radius 2 is 0.794 bits per heavy atom. The van der Waals surface area contributed by atoms with Gasteiger partial charge in [-0.25, -0.2) is 65.1 Å². The van der Waals surface area contributed by atoms with Crippen LogP contribution in [0.5, 0.6) is 0 Å². The van der Waals surface area contributed by atoms with Crippen molar-refractivity contribution in [2.75, 3.05) is 0 Å². The van der Waals surface area contributed by atoms with Crippen molar-refractivity contribution in [1.29, 1.82) is 21.0 Å². The van der Waals surface area contributed by atoms with E-state index in [-0.39, 0.29) is 0 Å². The van der Waals surface area contributed by atoms with Crippen molar-refractivity contribution in [3.05, 3.63) is 139 Å². The Morgan fingerprint density at radius 3 is 1.22 bits per heavy atom. The van der Waals surface area contributed by atoms with E-state index in [1.807, 2.05) is 13.8 Å². The number of fused-ring (bicyclic) bond motifs is 7. The summed E-state index contributed by atoms with van der Waals surface area (Å²) < 4.78 is 218. The molecule has 5 aromatic rings. The Hall–Kier alpha value is -7.33. The monoisotopic (exact) mass is 914 g/mol. The summed E-state index contributed by atoms with van der Waals surface area (Å²) in [6.07, 6.45) is -0.708. The van der Waals surface area contributed by atoms with Crippen LogP contribution in [0.25, 0.3) is 33.4 Å². The lowest BCUT2D eigenvalue weighted by Crippen LogP contribution is -2.14. The van der Waals surface area contributed by atoms with Crippen LogP contribution in [-0.4, -0.2) is 16.8 Å².